The summed E-state index contributed by atoms with van der Waals surface area (Å²) in [6, 6.07) is 5.37. The third-order valence-corrected chi connectivity index (χ3v) is 4.33. The SMILES string of the molecule is O=C(NCc1nnc2ccccn12)[C@@H]1CCCC[C@@H]1C(F)(F)F. The summed E-state index contributed by atoms with van der Waals surface area (Å²) in [4.78, 5) is 12.2. The fraction of sp³-hybridized carbons (Fsp3) is 0.533. The molecular weight excluding hydrogens is 309 g/mol. The molecule has 0 unspecified atom stereocenters. The molecule has 5 nitrogen and oxygen atoms in total. The number of rotatable bonds is 3. The van der Waals surface area contributed by atoms with Gasteiger partial charge in [0.1, 0.15) is 0 Å². The zero-order valence-electron chi connectivity index (χ0n) is 12.4. The van der Waals surface area contributed by atoms with Crippen LogP contribution in [0.15, 0.2) is 24.4 Å². The molecule has 1 aliphatic rings. The summed E-state index contributed by atoms with van der Waals surface area (Å²) in [6.45, 7) is 0.0606. The molecular formula is C15H17F3N4O. The predicted octanol–water partition coefficient (Wildman–Crippen LogP) is 2.71. The number of amides is 1. The van der Waals surface area contributed by atoms with Crippen molar-refractivity contribution in [1.29, 1.82) is 0 Å². The fourth-order valence-corrected chi connectivity index (χ4v) is 3.15. The number of pyridine rings is 1. The zero-order valence-corrected chi connectivity index (χ0v) is 12.4. The van der Waals surface area contributed by atoms with Gasteiger partial charge in [-0.3, -0.25) is 9.20 Å². The largest absolute Gasteiger partial charge is 0.392 e. The minimum atomic E-state index is -4.33. The maximum Gasteiger partial charge on any atom is 0.392 e. The Labute approximate surface area is 130 Å². The summed E-state index contributed by atoms with van der Waals surface area (Å²) in [6.07, 6.45) is -1.12. The molecule has 0 aliphatic heterocycles. The van der Waals surface area contributed by atoms with Gasteiger partial charge in [-0.15, -0.1) is 10.2 Å². The van der Waals surface area contributed by atoms with Gasteiger partial charge in [-0.2, -0.15) is 13.2 Å². The molecule has 23 heavy (non-hydrogen) atoms. The van der Waals surface area contributed by atoms with E-state index >= 15 is 0 Å². The highest BCUT2D eigenvalue weighted by Gasteiger charge is 2.47. The van der Waals surface area contributed by atoms with Gasteiger partial charge < -0.3 is 5.32 Å². The van der Waals surface area contributed by atoms with Crippen molar-refractivity contribution >= 4 is 11.6 Å². The van der Waals surface area contributed by atoms with Gasteiger partial charge in [-0.05, 0) is 25.0 Å². The van der Waals surface area contributed by atoms with E-state index < -0.39 is 23.9 Å². The van der Waals surface area contributed by atoms with Gasteiger partial charge in [-0.1, -0.05) is 18.9 Å². The third-order valence-electron chi connectivity index (χ3n) is 4.33. The number of alkyl halides is 3. The van der Waals surface area contributed by atoms with E-state index in [1.807, 2.05) is 6.07 Å². The van der Waals surface area contributed by atoms with E-state index in [-0.39, 0.29) is 19.4 Å². The number of carbonyl (C=O) groups excluding carboxylic acids is 1. The fourth-order valence-electron chi connectivity index (χ4n) is 3.15. The number of nitrogens with zero attached hydrogens (tertiary/aromatic N) is 3. The highest BCUT2D eigenvalue weighted by atomic mass is 19.4. The Kier molecular flexibility index (Phi) is 4.23. The molecule has 0 spiro atoms. The van der Waals surface area contributed by atoms with Crippen molar-refractivity contribution < 1.29 is 18.0 Å². The van der Waals surface area contributed by atoms with Crippen molar-refractivity contribution in [2.75, 3.05) is 0 Å². The third kappa shape index (κ3) is 3.30. The highest BCUT2D eigenvalue weighted by molar-refractivity contribution is 5.79. The lowest BCUT2D eigenvalue weighted by Crippen LogP contribution is -2.42. The van der Waals surface area contributed by atoms with Crippen LogP contribution >= 0.6 is 0 Å². The number of fused-ring (bicyclic) bond motifs is 1. The molecule has 0 saturated heterocycles. The summed E-state index contributed by atoms with van der Waals surface area (Å²) in [7, 11) is 0. The van der Waals surface area contributed by atoms with Crippen molar-refractivity contribution in [1.82, 2.24) is 19.9 Å². The van der Waals surface area contributed by atoms with Crippen LogP contribution in [0, 0.1) is 11.8 Å². The number of halogens is 3. The van der Waals surface area contributed by atoms with Crippen molar-refractivity contribution in [2.24, 2.45) is 11.8 Å². The van der Waals surface area contributed by atoms with Crippen LogP contribution in [0.2, 0.25) is 0 Å². The van der Waals surface area contributed by atoms with Gasteiger partial charge in [0.25, 0.3) is 0 Å². The van der Waals surface area contributed by atoms with E-state index in [9.17, 15) is 18.0 Å². The van der Waals surface area contributed by atoms with Gasteiger partial charge in [0.2, 0.25) is 5.91 Å². The minimum Gasteiger partial charge on any atom is -0.349 e. The smallest absolute Gasteiger partial charge is 0.349 e. The van der Waals surface area contributed by atoms with Gasteiger partial charge in [-0.25, -0.2) is 0 Å². The molecule has 2 aromatic rings. The number of aromatic nitrogens is 3. The molecule has 1 N–H and O–H groups in total. The Morgan fingerprint density at radius 2 is 2.04 bits per heavy atom. The van der Waals surface area contributed by atoms with E-state index in [4.69, 9.17) is 0 Å². The average molecular weight is 326 g/mol. The molecule has 3 rings (SSSR count). The number of hydrogen-bond donors (Lipinski definition) is 1. The number of nitrogens with one attached hydrogen (secondary N) is 1. The van der Waals surface area contributed by atoms with Gasteiger partial charge in [0, 0.05) is 12.1 Å². The monoisotopic (exact) mass is 326 g/mol. The van der Waals surface area contributed by atoms with Crippen molar-refractivity contribution in [2.45, 2.75) is 38.4 Å². The average Bonchev–Trinajstić information content (AvgIpc) is 2.95. The second-order valence-electron chi connectivity index (χ2n) is 5.80. The summed E-state index contributed by atoms with van der Waals surface area (Å²) >= 11 is 0. The highest BCUT2D eigenvalue weighted by Crippen LogP contribution is 2.41. The lowest BCUT2D eigenvalue weighted by molar-refractivity contribution is -0.198. The molecule has 0 radical (unpaired) electrons. The molecule has 1 saturated carbocycles. The van der Waals surface area contributed by atoms with E-state index in [0.29, 0.717) is 24.3 Å². The standard InChI is InChI=1S/C15H17F3N4O/c16-15(17,18)11-6-2-1-5-10(11)14(23)19-9-13-21-20-12-7-3-4-8-22(12)13/h3-4,7-8,10-11H,1-2,5-6,9H2,(H,19,23)/t10-,11+/m1/s1. The van der Waals surface area contributed by atoms with E-state index in [1.54, 1.807) is 22.7 Å². The molecule has 124 valence electrons. The summed E-state index contributed by atoms with van der Waals surface area (Å²) in [5.41, 5.74) is 0.627. The second-order valence-corrected chi connectivity index (χ2v) is 5.80. The maximum absolute atomic E-state index is 13.1. The van der Waals surface area contributed by atoms with Gasteiger partial charge in [0.15, 0.2) is 11.5 Å². The van der Waals surface area contributed by atoms with Gasteiger partial charge in [0.05, 0.1) is 12.5 Å². The molecule has 2 atom stereocenters. The Morgan fingerprint density at radius 1 is 1.26 bits per heavy atom. The Hall–Kier alpha value is -2.12. The minimum absolute atomic E-state index is 0.0233. The molecule has 1 amide bonds. The Bertz CT molecular complexity index is 697. The zero-order chi connectivity index (χ0) is 16.4. The molecule has 1 aliphatic carbocycles. The first-order valence-corrected chi connectivity index (χ1v) is 7.60. The molecule has 0 aromatic carbocycles. The topological polar surface area (TPSA) is 59.3 Å². The summed E-state index contributed by atoms with van der Waals surface area (Å²) in [5, 5.41) is 10.5. The first kappa shape index (κ1) is 15.8. The van der Waals surface area contributed by atoms with Gasteiger partial charge >= 0.3 is 6.18 Å². The van der Waals surface area contributed by atoms with Crippen LogP contribution in [0.5, 0.6) is 0 Å². The van der Waals surface area contributed by atoms with Crippen LogP contribution in [0.25, 0.3) is 5.65 Å². The quantitative estimate of drug-likeness (QED) is 0.943. The molecule has 2 aromatic heterocycles. The first-order chi connectivity index (χ1) is 11.0. The molecule has 1 fully saturated rings. The summed E-state index contributed by atoms with van der Waals surface area (Å²) in [5.74, 6) is -2.62. The maximum atomic E-state index is 13.1. The lowest BCUT2D eigenvalue weighted by Gasteiger charge is -2.31. The van der Waals surface area contributed by atoms with E-state index in [2.05, 4.69) is 15.5 Å². The van der Waals surface area contributed by atoms with Crippen LogP contribution in [0.1, 0.15) is 31.5 Å². The molecule has 8 heteroatoms. The Balaban J connectivity index is 1.68. The molecule has 0 bridgehead atoms. The number of carbonyl (C=O) groups is 1. The number of hydrogen-bond acceptors (Lipinski definition) is 3. The van der Waals surface area contributed by atoms with Crippen LogP contribution in [-0.2, 0) is 11.3 Å². The normalized spacial score (nSPS) is 22.2. The first-order valence-electron chi connectivity index (χ1n) is 7.60. The van der Waals surface area contributed by atoms with Crippen LogP contribution < -0.4 is 5.32 Å². The van der Waals surface area contributed by atoms with E-state index in [1.165, 1.54) is 0 Å². The van der Waals surface area contributed by atoms with Crippen LogP contribution in [0.4, 0.5) is 13.2 Å². The second kappa shape index (κ2) is 6.17. The van der Waals surface area contributed by atoms with Crippen molar-refractivity contribution in [3.8, 4) is 0 Å². The summed E-state index contributed by atoms with van der Waals surface area (Å²) < 4.78 is 40.9. The molecule has 2 heterocycles. The van der Waals surface area contributed by atoms with E-state index in [0.717, 1.165) is 0 Å². The Morgan fingerprint density at radius 3 is 2.83 bits per heavy atom. The van der Waals surface area contributed by atoms with Crippen LogP contribution in [0.3, 0.4) is 0 Å². The van der Waals surface area contributed by atoms with Crippen molar-refractivity contribution in [3.63, 3.8) is 0 Å². The van der Waals surface area contributed by atoms with Crippen LogP contribution in [-0.4, -0.2) is 26.7 Å². The lowest BCUT2D eigenvalue weighted by atomic mass is 9.78. The van der Waals surface area contributed by atoms with Crippen molar-refractivity contribution in [3.05, 3.63) is 30.2 Å². The predicted molar refractivity (Wildman–Crippen MR) is 76.3 cm³/mol.